The third kappa shape index (κ3) is 5.72. The van der Waals surface area contributed by atoms with Gasteiger partial charge in [0.25, 0.3) is 0 Å². The Morgan fingerprint density at radius 3 is 1.36 bits per heavy atom. The van der Waals surface area contributed by atoms with E-state index in [1.807, 2.05) is 0 Å². The van der Waals surface area contributed by atoms with E-state index < -0.39 is 0 Å². The molecular formula is C20H36Cl2O3. The molecule has 0 aromatic rings. The molecule has 0 spiro atoms. The van der Waals surface area contributed by atoms with Crippen molar-refractivity contribution in [2.45, 2.75) is 101 Å². The van der Waals surface area contributed by atoms with Gasteiger partial charge in [0, 0.05) is 11.8 Å². The summed E-state index contributed by atoms with van der Waals surface area (Å²) in [5, 5.41) is 0. The van der Waals surface area contributed by atoms with E-state index >= 15 is 0 Å². The first-order valence-electron chi connectivity index (χ1n) is 10.1. The summed E-state index contributed by atoms with van der Waals surface area (Å²) in [5.41, 5.74) is -0.416. The van der Waals surface area contributed by atoms with Crippen molar-refractivity contribution < 1.29 is 14.2 Å². The molecule has 0 bridgehead atoms. The average molecular weight is 395 g/mol. The van der Waals surface area contributed by atoms with Gasteiger partial charge in [-0.3, -0.25) is 0 Å². The van der Waals surface area contributed by atoms with Crippen LogP contribution in [0.5, 0.6) is 0 Å². The summed E-state index contributed by atoms with van der Waals surface area (Å²) in [5.74, 6) is 1.06. The molecule has 0 aliphatic heterocycles. The summed E-state index contributed by atoms with van der Waals surface area (Å²) in [4.78, 5) is 0. The Labute approximate surface area is 164 Å². The minimum atomic E-state index is -0.208. The van der Waals surface area contributed by atoms with E-state index in [0.29, 0.717) is 25.0 Å². The normalized spacial score (nSPS) is 25.4. The van der Waals surface area contributed by atoms with Crippen LogP contribution in [0.25, 0.3) is 0 Å². The molecule has 0 N–H and O–H groups in total. The number of halogens is 2. The quantitative estimate of drug-likeness (QED) is 0.444. The minimum Gasteiger partial charge on any atom is -0.374 e. The first kappa shape index (κ1) is 21.8. The summed E-state index contributed by atoms with van der Waals surface area (Å²) >= 11 is 11.7. The van der Waals surface area contributed by atoms with Crippen molar-refractivity contribution >= 4 is 23.2 Å². The maximum absolute atomic E-state index is 7.09. The number of hydrogen-bond acceptors (Lipinski definition) is 3. The van der Waals surface area contributed by atoms with Crippen LogP contribution in [0.1, 0.15) is 78.1 Å². The average Bonchev–Trinajstić information content (AvgIpc) is 2.65. The zero-order chi connectivity index (χ0) is 18.2. The highest BCUT2D eigenvalue weighted by molar-refractivity contribution is 6.18. The molecule has 2 aliphatic rings. The fraction of sp³-hybridized carbons (Fsp3) is 1.00. The highest BCUT2D eigenvalue weighted by Gasteiger charge is 2.49. The Balaban J connectivity index is 2.18. The summed E-state index contributed by atoms with van der Waals surface area (Å²) in [6.07, 6.45) is 11.8. The predicted molar refractivity (Wildman–Crippen MR) is 105 cm³/mol. The second kappa shape index (κ2) is 10.7. The lowest BCUT2D eigenvalue weighted by Gasteiger charge is -2.52. The SMILES string of the molecule is CC(OCCCl)C1(OC2(C(C)OCCCl)CCCCC2)CCCCC1. The summed E-state index contributed by atoms with van der Waals surface area (Å²) in [6, 6.07) is 0. The van der Waals surface area contributed by atoms with E-state index in [0.717, 1.165) is 25.7 Å². The second-order valence-electron chi connectivity index (χ2n) is 7.76. The van der Waals surface area contributed by atoms with Crippen LogP contribution in [-0.2, 0) is 14.2 Å². The molecule has 0 saturated heterocycles. The fourth-order valence-corrected chi connectivity index (χ4v) is 4.81. The summed E-state index contributed by atoms with van der Waals surface area (Å²) < 4.78 is 19.2. The van der Waals surface area contributed by atoms with Gasteiger partial charge in [0.1, 0.15) is 0 Å². The van der Waals surface area contributed by atoms with Gasteiger partial charge in [-0.1, -0.05) is 38.5 Å². The molecule has 0 amide bonds. The molecule has 2 saturated carbocycles. The van der Waals surface area contributed by atoms with Gasteiger partial charge >= 0.3 is 0 Å². The van der Waals surface area contributed by atoms with Gasteiger partial charge in [-0.15, -0.1) is 23.2 Å². The van der Waals surface area contributed by atoms with Crippen molar-refractivity contribution in [2.24, 2.45) is 0 Å². The van der Waals surface area contributed by atoms with Crippen molar-refractivity contribution in [1.29, 1.82) is 0 Å². The van der Waals surface area contributed by atoms with Crippen molar-refractivity contribution in [3.05, 3.63) is 0 Å². The number of rotatable bonds is 10. The molecule has 2 unspecified atom stereocenters. The first-order valence-corrected chi connectivity index (χ1v) is 11.2. The summed E-state index contributed by atoms with van der Waals surface area (Å²) in [6.45, 7) is 5.50. The van der Waals surface area contributed by atoms with E-state index in [1.54, 1.807) is 0 Å². The van der Waals surface area contributed by atoms with Crippen LogP contribution in [-0.4, -0.2) is 48.4 Å². The standard InChI is InChI=1S/C20H36Cl2O3/c1-17(23-15-13-21)19(9-5-3-6-10-19)25-20(11-7-4-8-12-20)18(2)24-16-14-22/h17-18H,3-16H2,1-2H3. The van der Waals surface area contributed by atoms with Crippen molar-refractivity contribution in [2.75, 3.05) is 25.0 Å². The van der Waals surface area contributed by atoms with Crippen LogP contribution < -0.4 is 0 Å². The predicted octanol–water partition coefficient (Wildman–Crippen LogP) is 5.70. The van der Waals surface area contributed by atoms with Gasteiger partial charge < -0.3 is 14.2 Å². The van der Waals surface area contributed by atoms with Crippen molar-refractivity contribution in [3.8, 4) is 0 Å². The molecule has 0 aromatic carbocycles. The van der Waals surface area contributed by atoms with Crippen LogP contribution in [0.3, 0.4) is 0 Å². The smallest absolute Gasteiger partial charge is 0.0949 e. The molecule has 148 valence electrons. The van der Waals surface area contributed by atoms with Crippen molar-refractivity contribution in [1.82, 2.24) is 0 Å². The van der Waals surface area contributed by atoms with E-state index in [9.17, 15) is 0 Å². The number of ether oxygens (including phenoxy) is 3. The molecular weight excluding hydrogens is 359 g/mol. The van der Waals surface area contributed by atoms with Gasteiger partial charge in [-0.05, 0) is 39.5 Å². The topological polar surface area (TPSA) is 27.7 Å². The summed E-state index contributed by atoms with van der Waals surface area (Å²) in [7, 11) is 0. The Bertz CT molecular complexity index is 332. The fourth-order valence-electron chi connectivity index (χ4n) is 4.63. The maximum Gasteiger partial charge on any atom is 0.0949 e. The van der Waals surface area contributed by atoms with Gasteiger partial charge in [0.2, 0.25) is 0 Å². The van der Waals surface area contributed by atoms with E-state index in [1.165, 1.54) is 38.5 Å². The monoisotopic (exact) mass is 394 g/mol. The van der Waals surface area contributed by atoms with Crippen LogP contribution in [0.2, 0.25) is 0 Å². The molecule has 2 rings (SSSR count). The largest absolute Gasteiger partial charge is 0.374 e. The zero-order valence-electron chi connectivity index (χ0n) is 16.0. The van der Waals surface area contributed by atoms with E-state index in [-0.39, 0.29) is 23.4 Å². The van der Waals surface area contributed by atoms with E-state index in [4.69, 9.17) is 37.4 Å². The Morgan fingerprint density at radius 2 is 1.04 bits per heavy atom. The number of hydrogen-bond donors (Lipinski definition) is 0. The molecule has 0 aromatic heterocycles. The second-order valence-corrected chi connectivity index (χ2v) is 8.51. The lowest BCUT2D eigenvalue weighted by atomic mass is 9.76. The van der Waals surface area contributed by atoms with Crippen LogP contribution in [0.4, 0.5) is 0 Å². The minimum absolute atomic E-state index is 0.0607. The van der Waals surface area contributed by atoms with Crippen LogP contribution in [0.15, 0.2) is 0 Å². The van der Waals surface area contributed by atoms with E-state index in [2.05, 4.69) is 13.8 Å². The molecule has 0 heterocycles. The lowest BCUT2D eigenvalue weighted by Crippen LogP contribution is -2.57. The third-order valence-electron chi connectivity index (χ3n) is 6.18. The van der Waals surface area contributed by atoms with Crippen LogP contribution in [0, 0.1) is 0 Å². The molecule has 3 nitrogen and oxygen atoms in total. The molecule has 0 radical (unpaired) electrons. The third-order valence-corrected chi connectivity index (χ3v) is 6.49. The molecule has 25 heavy (non-hydrogen) atoms. The van der Waals surface area contributed by atoms with Gasteiger partial charge in [-0.25, -0.2) is 0 Å². The first-order chi connectivity index (χ1) is 12.1. The van der Waals surface area contributed by atoms with Gasteiger partial charge in [0.05, 0.1) is 36.6 Å². The Kier molecular flexibility index (Phi) is 9.32. The Hall–Kier alpha value is 0.460. The Morgan fingerprint density at radius 1 is 0.680 bits per heavy atom. The van der Waals surface area contributed by atoms with Gasteiger partial charge in [-0.2, -0.15) is 0 Å². The maximum atomic E-state index is 7.09. The highest BCUT2D eigenvalue weighted by Crippen LogP contribution is 2.45. The molecule has 2 atom stereocenters. The lowest BCUT2D eigenvalue weighted by molar-refractivity contribution is -0.259. The molecule has 2 fully saturated rings. The molecule has 2 aliphatic carbocycles. The number of alkyl halides is 2. The highest BCUT2D eigenvalue weighted by atomic mass is 35.5. The molecule has 5 heteroatoms. The zero-order valence-corrected chi connectivity index (χ0v) is 17.5. The van der Waals surface area contributed by atoms with Crippen molar-refractivity contribution in [3.63, 3.8) is 0 Å². The van der Waals surface area contributed by atoms with Crippen LogP contribution >= 0.6 is 23.2 Å². The van der Waals surface area contributed by atoms with Gasteiger partial charge in [0.15, 0.2) is 0 Å².